The van der Waals surface area contributed by atoms with Crippen LogP contribution in [-0.4, -0.2) is 0 Å². The summed E-state index contributed by atoms with van der Waals surface area (Å²) in [6.07, 6.45) is 7.27. The van der Waals surface area contributed by atoms with Gasteiger partial charge in [0.25, 0.3) is 0 Å². The highest BCUT2D eigenvalue weighted by Crippen LogP contribution is 2.51. The molecule has 1 atom stereocenters. The van der Waals surface area contributed by atoms with Gasteiger partial charge in [-0.25, -0.2) is 0 Å². The van der Waals surface area contributed by atoms with E-state index >= 15 is 0 Å². The first-order valence-corrected chi connectivity index (χ1v) is 10.4. The van der Waals surface area contributed by atoms with Crippen LogP contribution in [0.5, 0.6) is 0 Å². The Bertz CT molecular complexity index is 762. The van der Waals surface area contributed by atoms with Gasteiger partial charge in [-0.15, -0.1) is 0 Å². The number of allylic oxidation sites excluding steroid dienone is 4. The Hall–Kier alpha value is -2.08. The van der Waals surface area contributed by atoms with E-state index in [1.807, 2.05) is 0 Å². The van der Waals surface area contributed by atoms with Crippen LogP contribution >= 0.6 is 0 Å². The fourth-order valence-electron chi connectivity index (χ4n) is 4.53. The minimum Gasteiger partial charge on any atom is -0.0653 e. The lowest BCUT2D eigenvalue weighted by atomic mass is 9.84. The first kappa shape index (κ1) is 18.7. The van der Waals surface area contributed by atoms with E-state index in [9.17, 15) is 0 Å². The Morgan fingerprint density at radius 2 is 1.23 bits per heavy atom. The highest BCUT2D eigenvalue weighted by Gasteiger charge is 2.33. The van der Waals surface area contributed by atoms with Crippen molar-refractivity contribution in [2.24, 2.45) is 5.92 Å². The summed E-state index contributed by atoms with van der Waals surface area (Å²) in [5.74, 6) is 0.583. The van der Waals surface area contributed by atoms with E-state index < -0.39 is 0 Å². The van der Waals surface area contributed by atoms with Crippen LogP contribution in [0.2, 0.25) is 0 Å². The van der Waals surface area contributed by atoms with Gasteiger partial charge in [-0.2, -0.15) is 0 Å². The van der Waals surface area contributed by atoms with E-state index in [0.29, 0.717) is 5.92 Å². The Kier molecular flexibility index (Phi) is 6.50. The second kappa shape index (κ2) is 9.03. The molecule has 1 aliphatic carbocycles. The van der Waals surface area contributed by atoms with Gasteiger partial charge in [-0.3, -0.25) is 0 Å². The maximum Gasteiger partial charge on any atom is 0.00662 e. The first-order valence-electron chi connectivity index (χ1n) is 10.4. The molecule has 2 aromatic rings. The fraction of sp³-hybridized carbons (Fsp3) is 0.385. The zero-order valence-electron chi connectivity index (χ0n) is 16.6. The van der Waals surface area contributed by atoms with Crippen molar-refractivity contribution in [2.45, 2.75) is 59.3 Å². The molecule has 2 aromatic carbocycles. The summed E-state index contributed by atoms with van der Waals surface area (Å²) in [5, 5.41) is 0. The molecule has 0 radical (unpaired) electrons. The molecule has 1 unspecified atom stereocenters. The summed E-state index contributed by atoms with van der Waals surface area (Å²) < 4.78 is 0. The molecule has 0 aromatic heterocycles. The summed E-state index contributed by atoms with van der Waals surface area (Å²) in [6.45, 7) is 6.95. The zero-order chi connectivity index (χ0) is 18.4. The lowest BCUT2D eigenvalue weighted by Gasteiger charge is -2.20. The van der Waals surface area contributed by atoms with Gasteiger partial charge in [0, 0.05) is 5.92 Å². The molecular formula is C26H32. The first-order chi connectivity index (χ1) is 12.8. The molecule has 0 amide bonds. The predicted molar refractivity (Wildman–Crippen MR) is 115 cm³/mol. The molecular weight excluding hydrogens is 312 g/mol. The van der Waals surface area contributed by atoms with E-state index in [2.05, 4.69) is 81.4 Å². The summed E-state index contributed by atoms with van der Waals surface area (Å²) in [5.41, 5.74) is 9.29. The second-order valence-electron chi connectivity index (χ2n) is 7.37. The minimum atomic E-state index is 0.583. The summed E-state index contributed by atoms with van der Waals surface area (Å²) in [7, 11) is 0. The number of hydrogen-bond donors (Lipinski definition) is 0. The smallest absolute Gasteiger partial charge is 0.00662 e. The molecule has 0 saturated carbocycles. The highest BCUT2D eigenvalue weighted by atomic mass is 14.4. The van der Waals surface area contributed by atoms with E-state index in [-0.39, 0.29) is 0 Å². The van der Waals surface area contributed by atoms with Crippen LogP contribution in [0.25, 0.3) is 11.1 Å². The van der Waals surface area contributed by atoms with Gasteiger partial charge < -0.3 is 0 Å². The molecule has 0 heteroatoms. The monoisotopic (exact) mass is 344 g/mol. The van der Waals surface area contributed by atoms with Crippen LogP contribution in [0, 0.1) is 5.92 Å². The van der Waals surface area contributed by atoms with Gasteiger partial charge in [-0.1, -0.05) is 106 Å². The lowest BCUT2D eigenvalue weighted by molar-refractivity contribution is 0.649. The van der Waals surface area contributed by atoms with Crippen molar-refractivity contribution in [1.82, 2.24) is 0 Å². The Morgan fingerprint density at radius 1 is 0.654 bits per heavy atom. The fourth-order valence-corrected chi connectivity index (χ4v) is 4.53. The number of benzene rings is 2. The Balaban J connectivity index is 2.23. The molecule has 0 bridgehead atoms. The van der Waals surface area contributed by atoms with Crippen LogP contribution < -0.4 is 0 Å². The molecule has 0 N–H and O–H groups in total. The highest BCUT2D eigenvalue weighted by molar-refractivity contribution is 5.97. The van der Waals surface area contributed by atoms with Gasteiger partial charge >= 0.3 is 0 Å². The van der Waals surface area contributed by atoms with E-state index in [1.165, 1.54) is 49.7 Å². The Morgan fingerprint density at radius 3 is 1.77 bits per heavy atom. The van der Waals surface area contributed by atoms with Crippen LogP contribution in [0.4, 0.5) is 0 Å². The molecule has 1 aliphatic rings. The van der Waals surface area contributed by atoms with Crippen molar-refractivity contribution < 1.29 is 0 Å². The molecule has 0 nitrogen and oxygen atoms in total. The third-order valence-electron chi connectivity index (χ3n) is 5.46. The average Bonchev–Trinajstić information content (AvgIpc) is 2.97. The van der Waals surface area contributed by atoms with Gasteiger partial charge in [0.1, 0.15) is 0 Å². The molecule has 0 spiro atoms. The molecule has 136 valence electrons. The van der Waals surface area contributed by atoms with Crippen molar-refractivity contribution in [3.8, 4) is 0 Å². The summed E-state index contributed by atoms with van der Waals surface area (Å²) >= 11 is 0. The molecule has 0 fully saturated rings. The molecule has 0 heterocycles. The van der Waals surface area contributed by atoms with Gasteiger partial charge in [0.05, 0.1) is 0 Å². The maximum atomic E-state index is 2.33. The van der Waals surface area contributed by atoms with Crippen LogP contribution in [0.15, 0.2) is 71.8 Å². The van der Waals surface area contributed by atoms with Gasteiger partial charge in [0.2, 0.25) is 0 Å². The van der Waals surface area contributed by atoms with Crippen LogP contribution in [0.3, 0.4) is 0 Å². The summed E-state index contributed by atoms with van der Waals surface area (Å²) in [6, 6.07) is 22.2. The molecule has 3 rings (SSSR count). The van der Waals surface area contributed by atoms with Crippen molar-refractivity contribution >= 4 is 11.1 Å². The third kappa shape index (κ3) is 3.70. The average molecular weight is 345 g/mol. The van der Waals surface area contributed by atoms with Crippen molar-refractivity contribution in [3.63, 3.8) is 0 Å². The summed E-state index contributed by atoms with van der Waals surface area (Å²) in [4.78, 5) is 0. The van der Waals surface area contributed by atoms with Crippen LogP contribution in [0.1, 0.15) is 70.4 Å². The quantitative estimate of drug-likeness (QED) is 0.456. The zero-order valence-corrected chi connectivity index (χ0v) is 16.6. The van der Waals surface area contributed by atoms with Crippen molar-refractivity contribution in [1.29, 1.82) is 0 Å². The lowest BCUT2D eigenvalue weighted by Crippen LogP contribution is -2.04. The van der Waals surface area contributed by atoms with Gasteiger partial charge in [0.15, 0.2) is 0 Å². The Labute approximate surface area is 159 Å². The third-order valence-corrected chi connectivity index (χ3v) is 5.46. The molecule has 26 heavy (non-hydrogen) atoms. The predicted octanol–water partition coefficient (Wildman–Crippen LogP) is 7.92. The van der Waals surface area contributed by atoms with Crippen molar-refractivity contribution in [2.75, 3.05) is 0 Å². The number of hydrogen-bond acceptors (Lipinski definition) is 0. The van der Waals surface area contributed by atoms with E-state index in [1.54, 1.807) is 22.3 Å². The number of rotatable bonds is 8. The minimum absolute atomic E-state index is 0.583. The topological polar surface area (TPSA) is 0 Å². The largest absolute Gasteiger partial charge is 0.0653 e. The standard InChI is InChI=1S/C26H32/c1-4-13-22-23(14-5-2)26(21-18-11-8-12-19-21)24(15-6-3)25(22)20-16-9-7-10-17-20/h7-12,16-19,22H,4-6,13-15H2,1-3H3. The van der Waals surface area contributed by atoms with Gasteiger partial charge in [-0.05, 0) is 47.1 Å². The van der Waals surface area contributed by atoms with E-state index in [0.717, 1.165) is 0 Å². The second-order valence-corrected chi connectivity index (χ2v) is 7.37. The van der Waals surface area contributed by atoms with E-state index in [4.69, 9.17) is 0 Å². The SMILES string of the molecule is CCCC1=C(c2ccccc2)C(CCC)C(CCC)=C1c1ccccc1. The normalized spacial score (nSPS) is 17.3. The molecule has 0 aliphatic heterocycles. The maximum absolute atomic E-state index is 2.33. The van der Waals surface area contributed by atoms with Crippen LogP contribution in [-0.2, 0) is 0 Å². The van der Waals surface area contributed by atoms with Crippen molar-refractivity contribution in [3.05, 3.63) is 82.9 Å². The molecule has 0 saturated heterocycles.